The minimum Gasteiger partial charge on any atom is -0.480 e. The Hall–Kier alpha value is -0.440. The van der Waals surface area contributed by atoms with E-state index in [-0.39, 0.29) is 0 Å². The van der Waals surface area contributed by atoms with Crippen LogP contribution in [0.15, 0.2) is 0 Å². The fourth-order valence-corrected chi connectivity index (χ4v) is 1.27. The van der Waals surface area contributed by atoms with Crippen LogP contribution in [0.3, 0.4) is 0 Å². The molecule has 0 atom stereocenters. The van der Waals surface area contributed by atoms with Crippen LogP contribution in [-0.2, 0) is 9.59 Å². The minimum atomic E-state index is -1.67. The summed E-state index contributed by atoms with van der Waals surface area (Å²) in [4.78, 5) is 19.3. The summed E-state index contributed by atoms with van der Waals surface area (Å²) in [6.07, 6.45) is 3.09. The molecule has 84 valence electrons. The van der Waals surface area contributed by atoms with Crippen molar-refractivity contribution in [2.24, 2.45) is 0 Å². The summed E-state index contributed by atoms with van der Waals surface area (Å²) < 4.78 is -1.67. The third-order valence-corrected chi connectivity index (χ3v) is 3.41. The first-order chi connectivity index (χ1) is 6.33. The first-order valence-corrected chi connectivity index (χ1v) is 5.67. The largest absolute Gasteiger partial charge is 0.480 e. The lowest BCUT2D eigenvalue weighted by Crippen LogP contribution is -2.29. The molecule has 0 amide bonds. The molecular weight excluding hydrogens is 232 g/mol. The quantitative estimate of drug-likeness (QED) is 0.489. The van der Waals surface area contributed by atoms with Gasteiger partial charge in [0, 0.05) is 0 Å². The maximum absolute atomic E-state index is 10.2. The number of carboxylic acids is 2. The van der Waals surface area contributed by atoms with Gasteiger partial charge in [-0.05, 0) is 12.5 Å². The van der Waals surface area contributed by atoms with Crippen LogP contribution in [0.4, 0.5) is 0 Å². The van der Waals surface area contributed by atoms with Gasteiger partial charge < -0.3 is 20.4 Å². The van der Waals surface area contributed by atoms with Gasteiger partial charge in [-0.1, -0.05) is 0 Å². The molecule has 0 bridgehead atoms. The summed E-state index contributed by atoms with van der Waals surface area (Å²) in [6.45, 7) is -0.778. The zero-order valence-electron chi connectivity index (χ0n) is 7.63. The Balaban J connectivity index is 0. The highest BCUT2D eigenvalue weighted by atomic mass is 32.2. The maximum Gasteiger partial charge on any atom is 0.357 e. The molecule has 0 radical (unpaired) electrons. The van der Waals surface area contributed by atoms with Crippen molar-refractivity contribution in [1.29, 1.82) is 0 Å². The van der Waals surface area contributed by atoms with Gasteiger partial charge in [-0.15, -0.1) is 23.5 Å². The second-order valence-corrected chi connectivity index (χ2v) is 4.10. The van der Waals surface area contributed by atoms with Crippen LogP contribution in [-0.4, -0.2) is 55.7 Å². The Kier molecular flexibility index (Phi) is 9.05. The van der Waals surface area contributed by atoms with E-state index in [1.54, 1.807) is 12.5 Å². The molecule has 14 heavy (non-hydrogen) atoms. The second-order valence-electron chi connectivity index (χ2n) is 1.85. The predicted molar refractivity (Wildman–Crippen MR) is 54.3 cm³/mol. The van der Waals surface area contributed by atoms with Gasteiger partial charge in [-0.3, -0.25) is 0 Å². The molecule has 0 saturated heterocycles. The molecule has 4 N–H and O–H groups in total. The number of carbonyl (C=O) groups is 2. The Morgan fingerprint density at radius 3 is 1.50 bits per heavy atom. The highest BCUT2D eigenvalue weighted by molar-refractivity contribution is 8.18. The van der Waals surface area contributed by atoms with E-state index in [4.69, 9.17) is 25.2 Å². The van der Waals surface area contributed by atoms with Crippen molar-refractivity contribution in [2.45, 2.75) is 4.27 Å². The van der Waals surface area contributed by atoms with Gasteiger partial charge in [0.25, 0.3) is 4.27 Å². The summed E-state index contributed by atoms with van der Waals surface area (Å²) in [6, 6.07) is 0. The van der Waals surface area contributed by atoms with E-state index in [9.17, 15) is 4.79 Å². The summed E-state index contributed by atoms with van der Waals surface area (Å²) >= 11 is 1.80. The van der Waals surface area contributed by atoms with Gasteiger partial charge in [0.05, 0.1) is 0 Å². The molecule has 0 aromatic carbocycles. The summed E-state index contributed by atoms with van der Waals surface area (Å²) in [7, 11) is 0. The average Bonchev–Trinajstić information content (AvgIpc) is 2.17. The van der Waals surface area contributed by atoms with Crippen molar-refractivity contribution in [3.63, 3.8) is 0 Å². The van der Waals surface area contributed by atoms with Crippen molar-refractivity contribution in [3.8, 4) is 0 Å². The Bertz CT molecular complexity index is 191. The van der Waals surface area contributed by atoms with E-state index < -0.39 is 22.8 Å². The van der Waals surface area contributed by atoms with Crippen LogP contribution < -0.4 is 0 Å². The molecule has 0 aromatic rings. The van der Waals surface area contributed by atoms with Crippen molar-refractivity contribution < 1.29 is 30.0 Å². The molecule has 0 saturated carbocycles. The van der Waals surface area contributed by atoms with Crippen molar-refractivity contribution in [3.05, 3.63) is 0 Å². The van der Waals surface area contributed by atoms with E-state index in [1.165, 1.54) is 0 Å². The molecule has 6 nitrogen and oxygen atoms in total. The van der Waals surface area contributed by atoms with E-state index in [1.807, 2.05) is 0 Å². The Morgan fingerprint density at radius 2 is 1.50 bits per heavy atom. The smallest absolute Gasteiger partial charge is 0.357 e. The van der Waals surface area contributed by atoms with E-state index >= 15 is 0 Å². The number of rotatable bonds is 4. The number of hydrogen-bond donors (Lipinski definition) is 4. The molecule has 0 aliphatic heterocycles. The van der Waals surface area contributed by atoms with Crippen LogP contribution in [0.5, 0.6) is 0 Å². The molecule has 0 aliphatic rings. The molecule has 0 rings (SSSR count). The van der Waals surface area contributed by atoms with Crippen molar-refractivity contribution in [2.75, 3.05) is 19.1 Å². The minimum absolute atomic E-state index is 0.778. The van der Waals surface area contributed by atoms with E-state index in [0.717, 1.165) is 23.5 Å². The molecule has 0 fully saturated rings. The standard InChI is InChI=1S/C4H8O3S2.C2H4O3/c1-8-4(7,9-2)3(5)6;3-1-2(4)5/h7H,1-2H3,(H,5,6);3H,1H2,(H,4,5). The lowest BCUT2D eigenvalue weighted by atomic mass is 10.7. The van der Waals surface area contributed by atoms with Gasteiger partial charge in [0.1, 0.15) is 6.61 Å². The van der Waals surface area contributed by atoms with Crippen LogP contribution in [0.25, 0.3) is 0 Å². The highest BCUT2D eigenvalue weighted by Crippen LogP contribution is 2.30. The Morgan fingerprint density at radius 1 is 1.21 bits per heavy atom. The summed E-state index contributed by atoms with van der Waals surface area (Å²) in [5.74, 6) is -2.40. The lowest BCUT2D eigenvalue weighted by Gasteiger charge is -2.16. The molecule has 0 aromatic heterocycles. The van der Waals surface area contributed by atoms with Crippen LogP contribution in [0.1, 0.15) is 0 Å². The normalized spacial score (nSPS) is 10.0. The van der Waals surface area contributed by atoms with Gasteiger partial charge in [0.15, 0.2) is 0 Å². The second kappa shape index (κ2) is 7.92. The Labute approximate surface area is 89.3 Å². The van der Waals surface area contributed by atoms with Gasteiger partial charge in [0.2, 0.25) is 0 Å². The first-order valence-electron chi connectivity index (χ1n) is 3.22. The molecule has 8 heteroatoms. The summed E-state index contributed by atoms with van der Waals surface area (Å²) in [5.41, 5.74) is 0. The topological polar surface area (TPSA) is 115 Å². The van der Waals surface area contributed by atoms with Crippen LogP contribution in [0.2, 0.25) is 0 Å². The molecule has 0 unspecified atom stereocenters. The number of aliphatic hydroxyl groups is 2. The average molecular weight is 244 g/mol. The first kappa shape index (κ1) is 16.0. The van der Waals surface area contributed by atoms with E-state index in [2.05, 4.69) is 0 Å². The van der Waals surface area contributed by atoms with Crippen molar-refractivity contribution in [1.82, 2.24) is 0 Å². The fraction of sp³-hybridized carbons (Fsp3) is 0.667. The zero-order chi connectivity index (χ0) is 11.8. The third-order valence-electron chi connectivity index (χ3n) is 0.959. The van der Waals surface area contributed by atoms with Gasteiger partial charge in [-0.25, -0.2) is 9.59 Å². The van der Waals surface area contributed by atoms with Crippen molar-refractivity contribution >= 4 is 35.5 Å². The third kappa shape index (κ3) is 7.01. The van der Waals surface area contributed by atoms with Crippen LogP contribution >= 0.6 is 23.5 Å². The van der Waals surface area contributed by atoms with Gasteiger partial charge in [-0.2, -0.15) is 0 Å². The predicted octanol–water partition coefficient (Wildman–Crippen LogP) is -0.494. The molecular formula is C6H12O6S2. The monoisotopic (exact) mass is 244 g/mol. The zero-order valence-corrected chi connectivity index (χ0v) is 9.26. The maximum atomic E-state index is 10.2. The number of thioether (sulfide) groups is 2. The highest BCUT2D eigenvalue weighted by Gasteiger charge is 2.33. The number of aliphatic carboxylic acids is 2. The summed E-state index contributed by atoms with van der Waals surface area (Å²) in [5, 5.41) is 32.4. The fourth-order valence-electron chi connectivity index (χ4n) is 0.258. The van der Waals surface area contributed by atoms with Crippen LogP contribution in [0, 0.1) is 0 Å². The number of aliphatic hydroxyl groups excluding tert-OH is 1. The van der Waals surface area contributed by atoms with E-state index in [0.29, 0.717) is 0 Å². The SMILES string of the molecule is CSC(O)(SC)C(=O)O.O=C(O)CO. The van der Waals surface area contributed by atoms with Gasteiger partial charge >= 0.3 is 11.9 Å². The molecule has 0 aliphatic carbocycles. The lowest BCUT2D eigenvalue weighted by molar-refractivity contribution is -0.143. The number of hydrogen-bond acceptors (Lipinski definition) is 6. The molecule has 0 heterocycles. The molecule has 0 spiro atoms. The number of carboxylic acid groups (broad SMARTS) is 2.